The maximum Gasteiger partial charge on any atom is 0.132 e. The Hall–Kier alpha value is -1.91. The van der Waals surface area contributed by atoms with Crippen molar-refractivity contribution in [3.05, 3.63) is 59.4 Å². The van der Waals surface area contributed by atoms with Crippen LogP contribution in [0.15, 0.2) is 42.6 Å². The number of pyridine rings is 1. The number of phenolic OH excluding ortho intramolecular Hbond substituents is 1. The minimum Gasteiger partial charge on any atom is -0.508 e. The van der Waals surface area contributed by atoms with Crippen LogP contribution >= 0.6 is 0 Å². The molecule has 0 saturated heterocycles. The number of aromatic hydroxyl groups is 1. The summed E-state index contributed by atoms with van der Waals surface area (Å²) in [4.78, 5) is 4.32. The molecule has 2 aliphatic rings. The zero-order chi connectivity index (χ0) is 17.7. The molecule has 2 aliphatic carbocycles. The van der Waals surface area contributed by atoms with Crippen LogP contribution in [0.2, 0.25) is 0 Å². The second-order valence-corrected chi connectivity index (χ2v) is 7.65. The van der Waals surface area contributed by atoms with Gasteiger partial charge in [-0.25, -0.2) is 0 Å². The first-order chi connectivity index (χ1) is 12.0. The number of aliphatic hydroxyl groups excluding tert-OH is 1. The van der Waals surface area contributed by atoms with Gasteiger partial charge in [-0.3, -0.25) is 4.98 Å². The van der Waals surface area contributed by atoms with Crippen LogP contribution in [-0.2, 0) is 17.4 Å². The van der Waals surface area contributed by atoms with Gasteiger partial charge in [0.2, 0.25) is 0 Å². The van der Waals surface area contributed by atoms with Gasteiger partial charge < -0.3 is 15.3 Å². The van der Waals surface area contributed by atoms with E-state index in [1.54, 1.807) is 18.3 Å². The summed E-state index contributed by atoms with van der Waals surface area (Å²) in [6, 6.07) is 11.1. The van der Waals surface area contributed by atoms with Gasteiger partial charge >= 0.3 is 0 Å². The van der Waals surface area contributed by atoms with E-state index >= 15 is 0 Å². The highest BCUT2D eigenvalue weighted by Gasteiger charge is 2.56. The van der Waals surface area contributed by atoms with Gasteiger partial charge in [-0.05, 0) is 73.4 Å². The Morgan fingerprint density at radius 1 is 1.20 bits per heavy atom. The van der Waals surface area contributed by atoms with Crippen LogP contribution in [0.3, 0.4) is 0 Å². The van der Waals surface area contributed by atoms with Gasteiger partial charge in [-0.1, -0.05) is 19.1 Å². The topological polar surface area (TPSA) is 73.6 Å². The van der Waals surface area contributed by atoms with Crippen molar-refractivity contribution in [2.75, 3.05) is 0 Å². The molecular weight excluding hydrogens is 314 g/mol. The smallest absolute Gasteiger partial charge is 0.132 e. The predicted octanol–water partition coefficient (Wildman–Crippen LogP) is 3.04. The molecule has 0 spiro atoms. The maximum atomic E-state index is 11.3. The number of phenols is 1. The summed E-state index contributed by atoms with van der Waals surface area (Å²) in [6.07, 6.45) is 4.58. The minimum absolute atomic E-state index is 0.151. The van der Waals surface area contributed by atoms with Gasteiger partial charge in [0.25, 0.3) is 0 Å². The van der Waals surface area contributed by atoms with E-state index in [0.29, 0.717) is 24.3 Å². The van der Waals surface area contributed by atoms with Crippen LogP contribution in [0.1, 0.15) is 49.4 Å². The molecule has 0 unspecified atom stereocenters. The lowest BCUT2D eigenvalue weighted by Gasteiger charge is -2.54. The Labute approximate surface area is 148 Å². The van der Waals surface area contributed by atoms with Gasteiger partial charge in [0.05, 0.1) is 11.8 Å². The van der Waals surface area contributed by atoms with Crippen molar-refractivity contribution in [2.45, 2.75) is 56.1 Å². The fourth-order valence-corrected chi connectivity index (χ4v) is 5.22. The molecule has 25 heavy (non-hydrogen) atoms. The fourth-order valence-electron chi connectivity index (χ4n) is 5.22. The second-order valence-electron chi connectivity index (χ2n) is 7.65. The summed E-state index contributed by atoms with van der Waals surface area (Å²) < 4.78 is 0. The average Bonchev–Trinajstić information content (AvgIpc) is 2.63. The summed E-state index contributed by atoms with van der Waals surface area (Å²) in [5.41, 5.74) is 1.52. The molecule has 1 saturated carbocycles. The van der Waals surface area contributed by atoms with E-state index in [4.69, 9.17) is 0 Å². The van der Waals surface area contributed by atoms with Crippen LogP contribution in [0.4, 0.5) is 0 Å². The average molecular weight is 339 g/mol. The molecule has 0 radical (unpaired) electrons. The first-order valence-electron chi connectivity index (χ1n) is 9.14. The summed E-state index contributed by atoms with van der Waals surface area (Å²) in [7, 11) is 0. The van der Waals surface area contributed by atoms with Gasteiger partial charge in [-0.2, -0.15) is 0 Å². The maximum absolute atomic E-state index is 11.3. The van der Waals surface area contributed by atoms with E-state index < -0.39 is 11.7 Å². The molecule has 1 aromatic heterocycles. The number of aromatic nitrogens is 1. The number of aliphatic hydroxyl groups is 2. The van der Waals surface area contributed by atoms with Crippen molar-refractivity contribution in [1.82, 2.24) is 4.98 Å². The van der Waals surface area contributed by atoms with Gasteiger partial charge in [0.1, 0.15) is 11.4 Å². The van der Waals surface area contributed by atoms with Crippen LogP contribution < -0.4 is 0 Å². The molecule has 4 rings (SSSR count). The van der Waals surface area contributed by atoms with Gasteiger partial charge in [0, 0.05) is 11.6 Å². The molecule has 4 heteroatoms. The van der Waals surface area contributed by atoms with E-state index in [0.717, 1.165) is 19.3 Å². The number of nitrogens with zero attached hydrogens (tertiary/aromatic N) is 1. The van der Waals surface area contributed by atoms with E-state index in [2.05, 4.69) is 11.9 Å². The largest absolute Gasteiger partial charge is 0.508 e. The Kier molecular flexibility index (Phi) is 3.85. The highest BCUT2D eigenvalue weighted by atomic mass is 16.3. The lowest BCUT2D eigenvalue weighted by atomic mass is 9.52. The Balaban J connectivity index is 1.77. The number of rotatable bonds is 2. The van der Waals surface area contributed by atoms with Crippen LogP contribution in [-0.4, -0.2) is 26.4 Å². The predicted molar refractivity (Wildman–Crippen MR) is 95.3 cm³/mol. The Morgan fingerprint density at radius 3 is 2.76 bits per heavy atom. The molecular formula is C21H25NO3. The minimum atomic E-state index is -1.29. The molecule has 1 aromatic carbocycles. The summed E-state index contributed by atoms with van der Waals surface area (Å²) in [6.45, 7) is 2.16. The van der Waals surface area contributed by atoms with Crippen molar-refractivity contribution in [3.8, 4) is 5.75 Å². The SMILES string of the molecule is CC[C@@]12C[C@H](O)[C@](O)(c3ccccn3)C[C@H]1CCc1cc(O)ccc12. The van der Waals surface area contributed by atoms with E-state index in [1.165, 1.54) is 11.1 Å². The number of fused-ring (bicyclic) bond motifs is 3. The summed E-state index contributed by atoms with van der Waals surface area (Å²) >= 11 is 0. The Morgan fingerprint density at radius 2 is 2.04 bits per heavy atom. The highest BCUT2D eigenvalue weighted by Crippen LogP contribution is 2.56. The fraction of sp³-hybridized carbons (Fsp3) is 0.476. The third-order valence-corrected chi connectivity index (χ3v) is 6.57. The first kappa shape index (κ1) is 16.6. The van der Waals surface area contributed by atoms with Crippen molar-refractivity contribution in [1.29, 1.82) is 0 Å². The summed E-state index contributed by atoms with van der Waals surface area (Å²) in [5.74, 6) is 0.578. The van der Waals surface area contributed by atoms with Gasteiger partial charge in [0.15, 0.2) is 0 Å². The van der Waals surface area contributed by atoms with Crippen molar-refractivity contribution in [3.63, 3.8) is 0 Å². The molecule has 3 N–H and O–H groups in total. The third kappa shape index (κ3) is 2.39. The van der Waals surface area contributed by atoms with Crippen LogP contribution in [0.5, 0.6) is 5.75 Å². The molecule has 0 amide bonds. The van der Waals surface area contributed by atoms with E-state index in [-0.39, 0.29) is 11.3 Å². The molecule has 4 nitrogen and oxygen atoms in total. The van der Waals surface area contributed by atoms with Crippen molar-refractivity contribution in [2.24, 2.45) is 5.92 Å². The third-order valence-electron chi connectivity index (χ3n) is 6.57. The van der Waals surface area contributed by atoms with Crippen molar-refractivity contribution < 1.29 is 15.3 Å². The molecule has 1 heterocycles. The lowest BCUT2D eigenvalue weighted by Crippen LogP contribution is -2.56. The molecule has 0 bridgehead atoms. The standard InChI is InChI=1S/C21H25NO3/c1-2-20-13-19(24)21(25,18-5-3-4-10-22-18)12-15(20)7-6-14-11-16(23)8-9-17(14)20/h3-5,8-11,15,19,23-25H,2,6-7,12-13H2,1H3/t15-,19+,20-,21-/m1/s1. The molecule has 4 atom stereocenters. The zero-order valence-electron chi connectivity index (χ0n) is 14.5. The molecule has 1 fully saturated rings. The number of hydrogen-bond donors (Lipinski definition) is 3. The molecule has 132 valence electrons. The summed E-state index contributed by atoms with van der Waals surface area (Å²) in [5, 5.41) is 32.1. The highest BCUT2D eigenvalue weighted by molar-refractivity contribution is 5.43. The lowest BCUT2D eigenvalue weighted by molar-refractivity contribution is -0.148. The molecule has 2 aromatic rings. The van der Waals surface area contributed by atoms with Gasteiger partial charge in [-0.15, -0.1) is 0 Å². The number of aryl methyl sites for hydroxylation is 1. The monoisotopic (exact) mass is 339 g/mol. The second kappa shape index (κ2) is 5.82. The van der Waals surface area contributed by atoms with Crippen LogP contribution in [0.25, 0.3) is 0 Å². The molecule has 0 aliphatic heterocycles. The quantitative estimate of drug-likeness (QED) is 0.786. The number of hydrogen-bond acceptors (Lipinski definition) is 4. The van der Waals surface area contributed by atoms with Crippen molar-refractivity contribution >= 4 is 0 Å². The van der Waals surface area contributed by atoms with E-state index in [1.807, 2.05) is 24.3 Å². The number of benzene rings is 1. The Bertz CT molecular complexity index is 778. The van der Waals surface area contributed by atoms with Crippen LogP contribution in [0, 0.1) is 5.92 Å². The zero-order valence-corrected chi connectivity index (χ0v) is 14.5. The normalized spacial score (nSPS) is 34.2. The first-order valence-corrected chi connectivity index (χ1v) is 9.14. The van der Waals surface area contributed by atoms with E-state index in [9.17, 15) is 15.3 Å².